The van der Waals surface area contributed by atoms with Crippen LogP contribution in [0.2, 0.25) is 0 Å². The second kappa shape index (κ2) is 7.27. The first-order valence-corrected chi connectivity index (χ1v) is 9.77. The fourth-order valence-electron chi connectivity index (χ4n) is 4.15. The van der Waals surface area contributed by atoms with Crippen LogP contribution in [-0.2, 0) is 11.2 Å². The lowest BCUT2D eigenvalue weighted by Crippen LogP contribution is -2.44. The van der Waals surface area contributed by atoms with E-state index in [9.17, 15) is 4.79 Å². The molecule has 0 aliphatic carbocycles. The van der Waals surface area contributed by atoms with Gasteiger partial charge >= 0.3 is 0 Å². The lowest BCUT2D eigenvalue weighted by molar-refractivity contribution is -0.132. The molecule has 1 saturated heterocycles. The minimum atomic E-state index is 0.245. The molecule has 1 aliphatic rings. The quantitative estimate of drug-likeness (QED) is 0.772. The average molecular weight is 365 g/mol. The van der Waals surface area contributed by atoms with Crippen LogP contribution in [0.25, 0.3) is 16.6 Å². The standard InChI is InChI=1S/C21H27N5O/c1-14-17(8-9-20(27)25-12-10-16(22-3)11-13-25)15(2)26-21(23-14)18-6-4-5-7-19(18)24-26/h4-7,16,22H,8-13H2,1-3H3. The number of aromatic nitrogens is 3. The fraction of sp³-hybridized carbons (Fsp3) is 0.476. The zero-order valence-electron chi connectivity index (χ0n) is 16.3. The Morgan fingerprint density at radius 2 is 1.96 bits per heavy atom. The number of rotatable bonds is 4. The van der Waals surface area contributed by atoms with Gasteiger partial charge in [0.05, 0.1) is 5.52 Å². The smallest absolute Gasteiger partial charge is 0.222 e. The summed E-state index contributed by atoms with van der Waals surface area (Å²) in [5.74, 6) is 0.245. The highest BCUT2D eigenvalue weighted by atomic mass is 16.2. The summed E-state index contributed by atoms with van der Waals surface area (Å²) in [7, 11) is 2.00. The van der Waals surface area contributed by atoms with Crippen LogP contribution in [0.3, 0.4) is 0 Å². The summed E-state index contributed by atoms with van der Waals surface area (Å²) < 4.78 is 1.93. The zero-order chi connectivity index (χ0) is 19.0. The Bertz CT molecular complexity index is 985. The van der Waals surface area contributed by atoms with E-state index < -0.39 is 0 Å². The summed E-state index contributed by atoms with van der Waals surface area (Å²) in [6, 6.07) is 8.62. The number of piperidine rings is 1. The monoisotopic (exact) mass is 365 g/mol. The molecule has 1 N–H and O–H groups in total. The number of likely N-dealkylation sites (tertiary alicyclic amines) is 1. The van der Waals surface area contributed by atoms with E-state index >= 15 is 0 Å². The molecule has 1 aromatic carbocycles. The maximum Gasteiger partial charge on any atom is 0.222 e. The highest BCUT2D eigenvalue weighted by Crippen LogP contribution is 2.23. The van der Waals surface area contributed by atoms with Crippen molar-refractivity contribution in [2.45, 2.75) is 45.6 Å². The first-order chi connectivity index (χ1) is 13.1. The van der Waals surface area contributed by atoms with E-state index in [2.05, 4.69) is 18.3 Å². The lowest BCUT2D eigenvalue weighted by Gasteiger charge is -2.32. The highest BCUT2D eigenvalue weighted by molar-refractivity contribution is 5.92. The van der Waals surface area contributed by atoms with Crippen molar-refractivity contribution in [3.8, 4) is 0 Å². The molecule has 1 amide bonds. The molecule has 142 valence electrons. The summed E-state index contributed by atoms with van der Waals surface area (Å²) in [5.41, 5.74) is 5.05. The fourth-order valence-corrected chi connectivity index (χ4v) is 4.15. The molecule has 0 spiro atoms. The van der Waals surface area contributed by atoms with Gasteiger partial charge in [-0.25, -0.2) is 9.50 Å². The number of nitrogens with one attached hydrogen (secondary N) is 1. The normalized spacial score (nSPS) is 15.7. The number of hydrogen-bond acceptors (Lipinski definition) is 4. The van der Waals surface area contributed by atoms with Gasteiger partial charge in [-0.05, 0) is 57.9 Å². The molecule has 0 atom stereocenters. The van der Waals surface area contributed by atoms with Crippen LogP contribution in [0.15, 0.2) is 24.3 Å². The Morgan fingerprint density at radius 3 is 2.70 bits per heavy atom. The number of amides is 1. The zero-order valence-corrected chi connectivity index (χ0v) is 16.3. The molecule has 4 rings (SSSR count). The molecule has 3 heterocycles. The Labute approximate surface area is 159 Å². The van der Waals surface area contributed by atoms with Crippen molar-refractivity contribution < 1.29 is 4.79 Å². The molecule has 0 saturated carbocycles. The molecule has 1 aliphatic heterocycles. The van der Waals surface area contributed by atoms with E-state index in [1.165, 1.54) is 0 Å². The van der Waals surface area contributed by atoms with E-state index in [1.807, 2.05) is 41.6 Å². The third-order valence-corrected chi connectivity index (χ3v) is 5.86. The number of fused-ring (bicyclic) bond motifs is 3. The molecule has 6 heteroatoms. The van der Waals surface area contributed by atoms with Gasteiger partial charge in [0.2, 0.25) is 5.91 Å². The maximum atomic E-state index is 12.7. The summed E-state index contributed by atoms with van der Waals surface area (Å²) in [4.78, 5) is 19.5. The Morgan fingerprint density at radius 1 is 1.22 bits per heavy atom. The van der Waals surface area contributed by atoms with Crippen LogP contribution < -0.4 is 5.32 Å². The molecule has 3 aromatic rings. The van der Waals surface area contributed by atoms with Gasteiger partial charge in [0.15, 0.2) is 5.65 Å². The molecule has 0 unspecified atom stereocenters. The minimum Gasteiger partial charge on any atom is -0.343 e. The molecular weight excluding hydrogens is 338 g/mol. The molecule has 0 radical (unpaired) electrons. The van der Waals surface area contributed by atoms with Crippen LogP contribution in [0.5, 0.6) is 0 Å². The summed E-state index contributed by atoms with van der Waals surface area (Å²) in [5, 5.41) is 9.08. The van der Waals surface area contributed by atoms with Crippen LogP contribution in [0.1, 0.15) is 36.2 Å². The number of carbonyl (C=O) groups is 1. The SMILES string of the molecule is CNC1CCN(C(=O)CCc2c(C)nc3c4ccccc4nn3c2C)CC1. The number of hydrogen-bond donors (Lipinski definition) is 1. The summed E-state index contributed by atoms with van der Waals surface area (Å²) in [6.45, 7) is 5.81. The first-order valence-electron chi connectivity index (χ1n) is 9.77. The Hall–Kier alpha value is -2.47. The average Bonchev–Trinajstić information content (AvgIpc) is 3.06. The third-order valence-electron chi connectivity index (χ3n) is 5.86. The summed E-state index contributed by atoms with van der Waals surface area (Å²) >= 11 is 0. The maximum absolute atomic E-state index is 12.7. The molecule has 0 bridgehead atoms. The molecular formula is C21H27N5O. The van der Waals surface area contributed by atoms with Gasteiger partial charge in [-0.3, -0.25) is 4.79 Å². The van der Waals surface area contributed by atoms with Gasteiger partial charge in [-0.15, -0.1) is 0 Å². The van der Waals surface area contributed by atoms with Crippen molar-refractivity contribution in [3.05, 3.63) is 41.2 Å². The van der Waals surface area contributed by atoms with Crippen molar-refractivity contribution in [1.82, 2.24) is 24.8 Å². The molecule has 2 aromatic heterocycles. The predicted octanol–water partition coefficient (Wildman–Crippen LogP) is 2.64. The van der Waals surface area contributed by atoms with E-state index in [0.717, 1.165) is 59.4 Å². The number of nitrogens with zero attached hydrogens (tertiary/aromatic N) is 4. The van der Waals surface area contributed by atoms with E-state index in [-0.39, 0.29) is 5.91 Å². The third kappa shape index (κ3) is 3.30. The van der Waals surface area contributed by atoms with Crippen LogP contribution in [0, 0.1) is 13.8 Å². The predicted molar refractivity (Wildman–Crippen MR) is 107 cm³/mol. The van der Waals surface area contributed by atoms with E-state index in [1.54, 1.807) is 0 Å². The summed E-state index contributed by atoms with van der Waals surface area (Å²) in [6.07, 6.45) is 3.31. The number of aryl methyl sites for hydroxylation is 2. The van der Waals surface area contributed by atoms with Crippen LogP contribution in [0.4, 0.5) is 0 Å². The van der Waals surface area contributed by atoms with Crippen molar-refractivity contribution in [2.75, 3.05) is 20.1 Å². The lowest BCUT2D eigenvalue weighted by atomic mass is 10.0. The first kappa shape index (κ1) is 17.9. The van der Waals surface area contributed by atoms with Gasteiger partial charge in [0, 0.05) is 42.3 Å². The second-order valence-electron chi connectivity index (χ2n) is 7.46. The minimum absolute atomic E-state index is 0.245. The van der Waals surface area contributed by atoms with Gasteiger partial charge in [0.25, 0.3) is 0 Å². The highest BCUT2D eigenvalue weighted by Gasteiger charge is 2.22. The van der Waals surface area contributed by atoms with E-state index in [4.69, 9.17) is 10.1 Å². The number of benzene rings is 1. The van der Waals surface area contributed by atoms with Crippen molar-refractivity contribution in [3.63, 3.8) is 0 Å². The van der Waals surface area contributed by atoms with Gasteiger partial charge in [-0.2, -0.15) is 5.10 Å². The molecule has 27 heavy (non-hydrogen) atoms. The van der Waals surface area contributed by atoms with Crippen molar-refractivity contribution >= 4 is 22.5 Å². The van der Waals surface area contributed by atoms with Gasteiger partial charge in [0.1, 0.15) is 0 Å². The largest absolute Gasteiger partial charge is 0.343 e. The van der Waals surface area contributed by atoms with Crippen LogP contribution in [-0.4, -0.2) is 51.6 Å². The second-order valence-corrected chi connectivity index (χ2v) is 7.46. The van der Waals surface area contributed by atoms with Crippen molar-refractivity contribution in [2.24, 2.45) is 0 Å². The topological polar surface area (TPSA) is 62.5 Å². The van der Waals surface area contributed by atoms with E-state index in [0.29, 0.717) is 18.9 Å². The van der Waals surface area contributed by atoms with Gasteiger partial charge < -0.3 is 10.2 Å². The molecule has 6 nitrogen and oxygen atoms in total. The molecule has 1 fully saturated rings. The number of carbonyl (C=O) groups excluding carboxylic acids is 1. The van der Waals surface area contributed by atoms with Crippen LogP contribution >= 0.6 is 0 Å². The Kier molecular flexibility index (Phi) is 4.83. The van der Waals surface area contributed by atoms with Crippen molar-refractivity contribution in [1.29, 1.82) is 0 Å². The Balaban J connectivity index is 1.54. The van der Waals surface area contributed by atoms with Gasteiger partial charge in [-0.1, -0.05) is 12.1 Å².